The van der Waals surface area contributed by atoms with E-state index in [2.05, 4.69) is 42.4 Å². The molecule has 2 aromatic rings. The van der Waals surface area contributed by atoms with Gasteiger partial charge in [0.2, 0.25) is 5.91 Å². The molecule has 1 heterocycles. The van der Waals surface area contributed by atoms with Crippen molar-refractivity contribution in [3.8, 4) is 0 Å². The molecule has 1 atom stereocenters. The first-order chi connectivity index (χ1) is 10.9. The summed E-state index contributed by atoms with van der Waals surface area (Å²) in [5.74, 6) is 0.246. The summed E-state index contributed by atoms with van der Waals surface area (Å²) in [4.78, 5) is 13.5. The topological polar surface area (TPSA) is 32.3 Å². The van der Waals surface area contributed by atoms with Crippen LogP contribution in [0, 0.1) is 6.92 Å². The van der Waals surface area contributed by atoms with Crippen LogP contribution in [0.4, 0.5) is 5.69 Å². The van der Waals surface area contributed by atoms with E-state index in [-0.39, 0.29) is 5.91 Å². The molecule has 1 amide bonds. The van der Waals surface area contributed by atoms with Crippen LogP contribution in [0.5, 0.6) is 0 Å². The molecule has 0 saturated carbocycles. The molecular weight excluding hydrogens is 308 g/mol. The van der Waals surface area contributed by atoms with Gasteiger partial charge in [-0.1, -0.05) is 29.8 Å². The fraction of sp³-hybridized carbons (Fsp3) is 0.316. The SMILES string of the molecule is CC(=O)Nc1ccc(C2CN(C)Cc3c(Cl)cc(C)cc32)cc1. The highest BCUT2D eigenvalue weighted by Crippen LogP contribution is 2.37. The van der Waals surface area contributed by atoms with Crippen molar-refractivity contribution < 1.29 is 4.79 Å². The number of carbonyl (C=O) groups excluding carboxylic acids is 1. The van der Waals surface area contributed by atoms with Gasteiger partial charge in [0.1, 0.15) is 0 Å². The number of benzene rings is 2. The van der Waals surface area contributed by atoms with Crippen molar-refractivity contribution in [2.45, 2.75) is 26.3 Å². The summed E-state index contributed by atoms with van der Waals surface area (Å²) in [7, 11) is 2.12. The maximum absolute atomic E-state index is 11.1. The van der Waals surface area contributed by atoms with Crippen LogP contribution >= 0.6 is 11.6 Å². The van der Waals surface area contributed by atoms with Gasteiger partial charge in [0.25, 0.3) is 0 Å². The number of fused-ring (bicyclic) bond motifs is 1. The van der Waals surface area contributed by atoms with E-state index in [0.717, 1.165) is 23.8 Å². The summed E-state index contributed by atoms with van der Waals surface area (Å²) in [6.45, 7) is 5.45. The monoisotopic (exact) mass is 328 g/mol. The van der Waals surface area contributed by atoms with Crippen molar-refractivity contribution in [2.24, 2.45) is 0 Å². The molecule has 120 valence electrons. The van der Waals surface area contributed by atoms with Crippen molar-refractivity contribution in [1.82, 2.24) is 4.90 Å². The van der Waals surface area contributed by atoms with Gasteiger partial charge in [0, 0.05) is 36.6 Å². The molecule has 0 spiro atoms. The lowest BCUT2D eigenvalue weighted by atomic mass is 9.84. The molecule has 0 aliphatic carbocycles. The molecule has 1 aliphatic rings. The maximum Gasteiger partial charge on any atom is 0.221 e. The lowest BCUT2D eigenvalue weighted by Crippen LogP contribution is -2.31. The van der Waals surface area contributed by atoms with Crippen molar-refractivity contribution in [2.75, 3.05) is 18.9 Å². The molecule has 0 radical (unpaired) electrons. The Morgan fingerprint density at radius 3 is 2.61 bits per heavy atom. The van der Waals surface area contributed by atoms with Gasteiger partial charge in [-0.05, 0) is 54.4 Å². The van der Waals surface area contributed by atoms with E-state index in [1.807, 2.05) is 18.2 Å². The molecule has 3 rings (SSSR count). The Bertz CT molecular complexity index is 740. The lowest BCUT2D eigenvalue weighted by molar-refractivity contribution is -0.114. The number of anilines is 1. The standard InChI is InChI=1S/C19H21ClN2O/c1-12-8-16-17(10-22(3)11-18(16)19(20)9-12)14-4-6-15(7-5-14)21-13(2)23/h4-9,17H,10-11H2,1-3H3,(H,21,23). The first-order valence-electron chi connectivity index (χ1n) is 7.79. The Labute approximate surface area is 142 Å². The number of likely N-dealkylation sites (N-methyl/N-ethyl adjacent to an activating group) is 1. The number of nitrogens with zero attached hydrogens (tertiary/aromatic N) is 1. The molecule has 23 heavy (non-hydrogen) atoms. The van der Waals surface area contributed by atoms with Crippen LogP contribution in [0.15, 0.2) is 36.4 Å². The van der Waals surface area contributed by atoms with Crippen molar-refractivity contribution >= 4 is 23.2 Å². The average molecular weight is 329 g/mol. The molecule has 2 aromatic carbocycles. The molecule has 3 nitrogen and oxygen atoms in total. The van der Waals surface area contributed by atoms with Gasteiger partial charge in [-0.15, -0.1) is 0 Å². The Morgan fingerprint density at radius 1 is 1.26 bits per heavy atom. The van der Waals surface area contributed by atoms with Crippen LogP contribution in [0.25, 0.3) is 0 Å². The number of nitrogens with one attached hydrogen (secondary N) is 1. The number of halogens is 1. The van der Waals surface area contributed by atoms with Crippen LogP contribution in [0.2, 0.25) is 5.02 Å². The number of carbonyl (C=O) groups is 1. The van der Waals surface area contributed by atoms with Crippen molar-refractivity contribution in [3.05, 3.63) is 63.7 Å². The van der Waals surface area contributed by atoms with Crippen LogP contribution < -0.4 is 5.32 Å². The third-order valence-corrected chi connectivity index (χ3v) is 4.64. The third kappa shape index (κ3) is 3.41. The second kappa shape index (κ2) is 6.34. The summed E-state index contributed by atoms with van der Waals surface area (Å²) in [5, 5.41) is 3.66. The zero-order valence-electron chi connectivity index (χ0n) is 13.7. The Balaban J connectivity index is 1.99. The number of rotatable bonds is 2. The fourth-order valence-electron chi connectivity index (χ4n) is 3.31. The Kier molecular flexibility index (Phi) is 4.42. The molecule has 0 saturated heterocycles. The molecule has 1 N–H and O–H groups in total. The molecule has 0 fully saturated rings. The van der Waals surface area contributed by atoms with E-state index in [0.29, 0.717) is 5.92 Å². The van der Waals surface area contributed by atoms with Gasteiger partial charge in [0.05, 0.1) is 0 Å². The molecular formula is C19H21ClN2O. The van der Waals surface area contributed by atoms with Crippen LogP contribution in [0.1, 0.15) is 35.1 Å². The van der Waals surface area contributed by atoms with E-state index in [4.69, 9.17) is 11.6 Å². The van der Waals surface area contributed by atoms with E-state index in [1.54, 1.807) is 0 Å². The number of aryl methyl sites for hydroxylation is 1. The number of hydrogen-bond donors (Lipinski definition) is 1. The van der Waals surface area contributed by atoms with Gasteiger partial charge >= 0.3 is 0 Å². The van der Waals surface area contributed by atoms with Crippen molar-refractivity contribution in [1.29, 1.82) is 0 Å². The third-order valence-electron chi connectivity index (χ3n) is 4.31. The second-order valence-corrected chi connectivity index (χ2v) is 6.77. The van der Waals surface area contributed by atoms with E-state index in [1.165, 1.54) is 29.2 Å². The molecule has 0 aromatic heterocycles. The molecule has 1 aliphatic heterocycles. The highest BCUT2D eigenvalue weighted by molar-refractivity contribution is 6.31. The minimum atomic E-state index is -0.0529. The molecule has 1 unspecified atom stereocenters. The summed E-state index contributed by atoms with van der Waals surface area (Å²) >= 11 is 6.47. The first-order valence-corrected chi connectivity index (χ1v) is 8.17. The minimum Gasteiger partial charge on any atom is -0.326 e. The highest BCUT2D eigenvalue weighted by atomic mass is 35.5. The molecule has 4 heteroatoms. The van der Waals surface area contributed by atoms with Crippen molar-refractivity contribution in [3.63, 3.8) is 0 Å². The van der Waals surface area contributed by atoms with E-state index < -0.39 is 0 Å². The van der Waals surface area contributed by atoms with Gasteiger partial charge in [-0.3, -0.25) is 4.79 Å². The number of amides is 1. The van der Waals surface area contributed by atoms with Gasteiger partial charge in [0.15, 0.2) is 0 Å². The number of hydrogen-bond acceptors (Lipinski definition) is 2. The van der Waals surface area contributed by atoms with Crippen LogP contribution in [0.3, 0.4) is 0 Å². The first kappa shape index (κ1) is 16.0. The quantitative estimate of drug-likeness (QED) is 0.896. The highest BCUT2D eigenvalue weighted by Gasteiger charge is 2.26. The smallest absolute Gasteiger partial charge is 0.221 e. The predicted molar refractivity (Wildman–Crippen MR) is 95.1 cm³/mol. The molecule has 0 bridgehead atoms. The second-order valence-electron chi connectivity index (χ2n) is 6.37. The summed E-state index contributed by atoms with van der Waals surface area (Å²) in [6, 6.07) is 12.4. The van der Waals surface area contributed by atoms with Gasteiger partial charge in [-0.25, -0.2) is 0 Å². The zero-order valence-corrected chi connectivity index (χ0v) is 14.4. The Morgan fingerprint density at radius 2 is 1.96 bits per heavy atom. The summed E-state index contributed by atoms with van der Waals surface area (Å²) in [5.41, 5.74) is 5.81. The van der Waals surface area contributed by atoms with Crippen LogP contribution in [-0.2, 0) is 11.3 Å². The summed E-state index contributed by atoms with van der Waals surface area (Å²) < 4.78 is 0. The predicted octanol–water partition coefficient (Wildman–Crippen LogP) is 4.18. The minimum absolute atomic E-state index is 0.0529. The van der Waals surface area contributed by atoms with E-state index in [9.17, 15) is 4.79 Å². The van der Waals surface area contributed by atoms with E-state index >= 15 is 0 Å². The normalized spacial score (nSPS) is 17.7. The largest absolute Gasteiger partial charge is 0.326 e. The lowest BCUT2D eigenvalue weighted by Gasteiger charge is -2.33. The van der Waals surface area contributed by atoms with Crippen LogP contribution in [-0.4, -0.2) is 24.4 Å². The average Bonchev–Trinajstić information content (AvgIpc) is 2.48. The fourth-order valence-corrected chi connectivity index (χ4v) is 3.65. The van der Waals surface area contributed by atoms with Gasteiger partial charge in [-0.2, -0.15) is 0 Å². The maximum atomic E-state index is 11.1. The zero-order chi connectivity index (χ0) is 16.6. The summed E-state index contributed by atoms with van der Waals surface area (Å²) in [6.07, 6.45) is 0. The Hall–Kier alpha value is -1.84. The van der Waals surface area contributed by atoms with Gasteiger partial charge < -0.3 is 10.2 Å².